The quantitative estimate of drug-likeness (QED) is 0.570. The van der Waals surface area contributed by atoms with Gasteiger partial charge in [0.05, 0.1) is 7.11 Å². The van der Waals surface area contributed by atoms with E-state index in [1.165, 1.54) is 0 Å². The molecule has 136 valence electrons. The maximum absolute atomic E-state index is 12.4. The van der Waals surface area contributed by atoms with E-state index in [1.807, 2.05) is 35.0 Å². The zero-order valence-corrected chi connectivity index (χ0v) is 14.8. The van der Waals surface area contributed by atoms with Crippen molar-refractivity contribution in [1.29, 1.82) is 0 Å². The number of para-hydroxylation sites is 1. The molecule has 0 radical (unpaired) electrons. The Morgan fingerprint density at radius 1 is 1.26 bits per heavy atom. The summed E-state index contributed by atoms with van der Waals surface area (Å²) in [5.41, 5.74) is 1.50. The van der Waals surface area contributed by atoms with Gasteiger partial charge in [0.15, 0.2) is 17.1 Å². The number of rotatable bonds is 6. The number of carbonyl (C=O) groups is 1. The number of nitrogens with zero attached hydrogens (tertiary/aromatic N) is 3. The predicted octanol–water partition coefficient (Wildman–Crippen LogP) is 3.13. The molecule has 0 aliphatic heterocycles. The Labute approximate surface area is 155 Å². The van der Waals surface area contributed by atoms with Crippen molar-refractivity contribution in [2.24, 2.45) is 0 Å². The first-order valence-corrected chi connectivity index (χ1v) is 8.52. The zero-order chi connectivity index (χ0) is 18.6. The number of imidazole rings is 1. The molecule has 1 amide bonds. The second-order valence-electron chi connectivity index (χ2n) is 5.93. The predicted molar refractivity (Wildman–Crippen MR) is 101 cm³/mol. The molecule has 0 bridgehead atoms. The lowest BCUT2D eigenvalue weighted by molar-refractivity contribution is 0.0926. The minimum atomic E-state index is -0.267. The second kappa shape index (κ2) is 7.33. The molecule has 7 heteroatoms. The number of benzene rings is 1. The molecule has 0 saturated heterocycles. The van der Waals surface area contributed by atoms with Crippen molar-refractivity contribution in [3.05, 3.63) is 66.9 Å². The van der Waals surface area contributed by atoms with Crippen LogP contribution >= 0.6 is 0 Å². The van der Waals surface area contributed by atoms with Crippen LogP contribution in [0, 0.1) is 0 Å². The highest BCUT2D eigenvalue weighted by Crippen LogP contribution is 2.28. The van der Waals surface area contributed by atoms with Crippen LogP contribution < -0.4 is 10.1 Å². The molecule has 0 atom stereocenters. The van der Waals surface area contributed by atoms with Gasteiger partial charge in [-0.25, -0.2) is 4.98 Å². The number of aromatic nitrogens is 3. The van der Waals surface area contributed by atoms with Crippen LogP contribution in [0.5, 0.6) is 5.75 Å². The second-order valence-corrected chi connectivity index (χ2v) is 5.93. The summed E-state index contributed by atoms with van der Waals surface area (Å²) >= 11 is 0. The van der Waals surface area contributed by atoms with Gasteiger partial charge in [0, 0.05) is 48.8 Å². The molecule has 4 aromatic rings. The average molecular weight is 362 g/mol. The summed E-state index contributed by atoms with van der Waals surface area (Å²) in [5.74, 6) is 1.40. The number of hydrogen-bond donors (Lipinski definition) is 1. The Morgan fingerprint density at radius 2 is 2.19 bits per heavy atom. The monoisotopic (exact) mass is 362 g/mol. The van der Waals surface area contributed by atoms with Crippen molar-refractivity contribution >= 4 is 16.9 Å². The van der Waals surface area contributed by atoms with Crippen molar-refractivity contribution in [3.63, 3.8) is 0 Å². The number of fused-ring (bicyclic) bond motifs is 1. The standard InChI is InChI=1S/C20H18N4O3/c1-26-16-6-2-4-14-12-17(27-18(14)16)20(25)23-9-11-24-10-8-22-19(24)15-5-3-7-21-13-15/h2-8,10,12-13H,9,11H2,1H3,(H,23,25). The van der Waals surface area contributed by atoms with E-state index < -0.39 is 0 Å². The van der Waals surface area contributed by atoms with E-state index in [2.05, 4.69) is 15.3 Å². The van der Waals surface area contributed by atoms with Crippen LogP contribution in [0.4, 0.5) is 0 Å². The average Bonchev–Trinajstić information content (AvgIpc) is 3.35. The topological polar surface area (TPSA) is 82.2 Å². The number of amides is 1. The number of pyridine rings is 1. The van der Waals surface area contributed by atoms with Gasteiger partial charge in [-0.15, -0.1) is 0 Å². The first kappa shape index (κ1) is 16.8. The minimum Gasteiger partial charge on any atom is -0.493 e. The fraction of sp³-hybridized carbons (Fsp3) is 0.150. The number of methoxy groups -OCH3 is 1. The summed E-state index contributed by atoms with van der Waals surface area (Å²) in [5, 5.41) is 3.70. The van der Waals surface area contributed by atoms with E-state index in [0.29, 0.717) is 24.4 Å². The molecular weight excluding hydrogens is 344 g/mol. The SMILES string of the molecule is COc1cccc2cc(C(=O)NCCn3ccnc3-c3cccnc3)oc12. The lowest BCUT2D eigenvalue weighted by atomic mass is 10.2. The molecule has 3 aromatic heterocycles. The fourth-order valence-electron chi connectivity index (χ4n) is 2.93. The summed E-state index contributed by atoms with van der Waals surface area (Å²) in [6.07, 6.45) is 7.09. The molecule has 7 nitrogen and oxygen atoms in total. The Kier molecular flexibility index (Phi) is 4.57. The molecule has 0 aliphatic rings. The van der Waals surface area contributed by atoms with Gasteiger partial charge in [-0.1, -0.05) is 12.1 Å². The van der Waals surface area contributed by atoms with Crippen LogP contribution in [0.25, 0.3) is 22.4 Å². The summed E-state index contributed by atoms with van der Waals surface area (Å²) in [6.45, 7) is 1.02. The normalized spacial score (nSPS) is 10.9. The number of furan rings is 1. The van der Waals surface area contributed by atoms with Gasteiger partial charge < -0.3 is 19.0 Å². The van der Waals surface area contributed by atoms with Crippen LogP contribution in [-0.4, -0.2) is 34.1 Å². The van der Waals surface area contributed by atoms with E-state index >= 15 is 0 Å². The van der Waals surface area contributed by atoms with Gasteiger partial charge in [0.1, 0.15) is 5.82 Å². The van der Waals surface area contributed by atoms with Crippen molar-refractivity contribution in [1.82, 2.24) is 19.9 Å². The van der Waals surface area contributed by atoms with Crippen LogP contribution in [0.1, 0.15) is 10.6 Å². The summed E-state index contributed by atoms with van der Waals surface area (Å²) in [6, 6.07) is 11.1. The molecule has 4 rings (SSSR count). The third kappa shape index (κ3) is 3.39. The number of hydrogen-bond acceptors (Lipinski definition) is 5. The Bertz CT molecular complexity index is 1070. The zero-order valence-electron chi connectivity index (χ0n) is 14.8. The van der Waals surface area contributed by atoms with Gasteiger partial charge in [-0.3, -0.25) is 9.78 Å². The molecule has 0 aliphatic carbocycles. The Balaban J connectivity index is 1.43. The fourth-order valence-corrected chi connectivity index (χ4v) is 2.93. The third-order valence-electron chi connectivity index (χ3n) is 4.23. The molecule has 0 saturated carbocycles. The molecular formula is C20H18N4O3. The Morgan fingerprint density at radius 3 is 3.00 bits per heavy atom. The molecule has 1 N–H and O–H groups in total. The van der Waals surface area contributed by atoms with Crippen LogP contribution in [0.2, 0.25) is 0 Å². The lowest BCUT2D eigenvalue weighted by Gasteiger charge is -2.08. The largest absolute Gasteiger partial charge is 0.493 e. The van der Waals surface area contributed by atoms with Gasteiger partial charge in [0.25, 0.3) is 5.91 Å². The van der Waals surface area contributed by atoms with Crippen molar-refractivity contribution in [2.45, 2.75) is 6.54 Å². The van der Waals surface area contributed by atoms with Gasteiger partial charge >= 0.3 is 0 Å². The van der Waals surface area contributed by atoms with Crippen LogP contribution in [-0.2, 0) is 6.54 Å². The molecule has 0 spiro atoms. The highest BCUT2D eigenvalue weighted by atomic mass is 16.5. The lowest BCUT2D eigenvalue weighted by Crippen LogP contribution is -2.26. The first-order valence-electron chi connectivity index (χ1n) is 8.52. The van der Waals surface area contributed by atoms with Crippen molar-refractivity contribution in [2.75, 3.05) is 13.7 Å². The maximum atomic E-state index is 12.4. The summed E-state index contributed by atoms with van der Waals surface area (Å²) < 4.78 is 12.9. The summed E-state index contributed by atoms with van der Waals surface area (Å²) in [4.78, 5) is 20.9. The molecule has 1 aromatic carbocycles. The van der Waals surface area contributed by atoms with E-state index in [-0.39, 0.29) is 11.7 Å². The molecule has 27 heavy (non-hydrogen) atoms. The van der Waals surface area contributed by atoms with E-state index in [0.717, 1.165) is 16.8 Å². The van der Waals surface area contributed by atoms with Gasteiger partial charge in [-0.05, 0) is 24.3 Å². The van der Waals surface area contributed by atoms with Crippen LogP contribution in [0.15, 0.2) is 65.6 Å². The highest BCUT2D eigenvalue weighted by molar-refractivity contribution is 5.97. The van der Waals surface area contributed by atoms with Gasteiger partial charge in [0.2, 0.25) is 0 Å². The number of nitrogens with one attached hydrogen (secondary N) is 1. The molecule has 3 heterocycles. The van der Waals surface area contributed by atoms with E-state index in [4.69, 9.17) is 9.15 Å². The smallest absolute Gasteiger partial charge is 0.287 e. The molecule has 0 fully saturated rings. The minimum absolute atomic E-state index is 0.257. The summed E-state index contributed by atoms with van der Waals surface area (Å²) in [7, 11) is 1.57. The van der Waals surface area contributed by atoms with E-state index in [9.17, 15) is 4.79 Å². The Hall–Kier alpha value is -3.61. The third-order valence-corrected chi connectivity index (χ3v) is 4.23. The van der Waals surface area contributed by atoms with E-state index in [1.54, 1.807) is 37.8 Å². The first-order chi connectivity index (χ1) is 13.3. The highest BCUT2D eigenvalue weighted by Gasteiger charge is 2.14. The maximum Gasteiger partial charge on any atom is 0.287 e. The van der Waals surface area contributed by atoms with Crippen molar-refractivity contribution in [3.8, 4) is 17.1 Å². The molecule has 0 unspecified atom stereocenters. The van der Waals surface area contributed by atoms with Gasteiger partial charge in [-0.2, -0.15) is 0 Å². The number of carbonyl (C=O) groups excluding carboxylic acids is 1. The van der Waals surface area contributed by atoms with Crippen LogP contribution in [0.3, 0.4) is 0 Å². The van der Waals surface area contributed by atoms with Crippen molar-refractivity contribution < 1.29 is 13.9 Å². The number of ether oxygens (including phenoxy) is 1.